The Morgan fingerprint density at radius 3 is 2.17 bits per heavy atom. The quantitative estimate of drug-likeness (QED) is 0.754. The Morgan fingerprint density at radius 1 is 0.967 bits per heavy atom. The standard InChI is InChI=1S/C23H26N2O5/c26-19(23-10-14-7-15(11-23)9-16(8-14)12-23)13-30-22(29)17-1-3-18(4-2-17)25-21(28)6-5-20(27)24-25/h1-4,14-16H,5-13H2,(H,24,27). The average Bonchev–Trinajstić information content (AvgIpc) is 2.72. The second-order valence-electron chi connectivity index (χ2n) is 9.51. The fourth-order valence-electron chi connectivity index (χ4n) is 6.35. The van der Waals surface area contributed by atoms with Crippen LogP contribution in [0.1, 0.15) is 61.7 Å². The molecule has 5 aliphatic rings. The van der Waals surface area contributed by atoms with Crippen LogP contribution in [-0.2, 0) is 19.1 Å². The Bertz CT molecular complexity index is 871. The number of nitrogens with one attached hydrogen (secondary N) is 1. The first kappa shape index (κ1) is 19.3. The van der Waals surface area contributed by atoms with Crippen molar-refractivity contribution in [3.05, 3.63) is 29.8 Å². The third-order valence-corrected chi connectivity index (χ3v) is 7.38. The van der Waals surface area contributed by atoms with Crippen molar-refractivity contribution in [1.29, 1.82) is 0 Å². The Morgan fingerprint density at radius 2 is 1.57 bits per heavy atom. The summed E-state index contributed by atoms with van der Waals surface area (Å²) in [4.78, 5) is 49.0. The highest BCUT2D eigenvalue weighted by Crippen LogP contribution is 2.60. The van der Waals surface area contributed by atoms with Crippen molar-refractivity contribution < 1.29 is 23.9 Å². The molecule has 0 aromatic heterocycles. The van der Waals surface area contributed by atoms with Crippen molar-refractivity contribution in [3.63, 3.8) is 0 Å². The summed E-state index contributed by atoms with van der Waals surface area (Å²) in [6.45, 7) is -0.173. The Balaban J connectivity index is 1.20. The number of hydrazine groups is 1. The highest BCUT2D eigenvalue weighted by Gasteiger charge is 2.54. The molecule has 1 N–H and O–H groups in total. The maximum absolute atomic E-state index is 13.0. The Hall–Kier alpha value is -2.70. The van der Waals surface area contributed by atoms with Gasteiger partial charge in [-0.05, 0) is 80.5 Å². The van der Waals surface area contributed by atoms with Crippen LogP contribution in [-0.4, -0.2) is 30.2 Å². The number of Topliss-reactive ketones (excluding diaryl/α,β-unsaturated/α-hetero) is 1. The number of ether oxygens (including phenoxy) is 1. The van der Waals surface area contributed by atoms with E-state index in [1.54, 1.807) is 24.3 Å². The lowest BCUT2D eigenvalue weighted by Crippen LogP contribution is -2.51. The van der Waals surface area contributed by atoms with Gasteiger partial charge in [-0.25, -0.2) is 9.80 Å². The zero-order valence-corrected chi connectivity index (χ0v) is 16.9. The van der Waals surface area contributed by atoms with Crippen molar-refractivity contribution in [2.45, 2.75) is 51.4 Å². The van der Waals surface area contributed by atoms with E-state index >= 15 is 0 Å². The van der Waals surface area contributed by atoms with Crippen molar-refractivity contribution in [3.8, 4) is 0 Å². The van der Waals surface area contributed by atoms with Gasteiger partial charge >= 0.3 is 5.97 Å². The molecule has 0 radical (unpaired) electrons. The van der Waals surface area contributed by atoms with Crippen LogP contribution in [0.5, 0.6) is 0 Å². The normalized spacial score (nSPS) is 32.1. The van der Waals surface area contributed by atoms with E-state index in [0.717, 1.165) is 19.3 Å². The molecule has 1 aromatic carbocycles. The molecule has 0 spiro atoms. The molecule has 30 heavy (non-hydrogen) atoms. The summed E-state index contributed by atoms with van der Waals surface area (Å²) < 4.78 is 5.36. The van der Waals surface area contributed by atoms with Crippen LogP contribution in [0.4, 0.5) is 5.69 Å². The van der Waals surface area contributed by atoms with E-state index in [0.29, 0.717) is 29.0 Å². The van der Waals surface area contributed by atoms with Gasteiger partial charge in [-0.3, -0.25) is 19.8 Å². The second-order valence-corrected chi connectivity index (χ2v) is 9.51. The molecule has 7 heteroatoms. The summed E-state index contributed by atoms with van der Waals surface area (Å²) in [5.41, 5.74) is 3.04. The van der Waals surface area contributed by atoms with Crippen molar-refractivity contribution in [2.24, 2.45) is 23.2 Å². The molecule has 7 nitrogen and oxygen atoms in total. The molecule has 4 saturated carbocycles. The summed E-state index contributed by atoms with van der Waals surface area (Å²) >= 11 is 0. The fraction of sp³-hybridized carbons (Fsp3) is 0.565. The molecule has 158 valence electrons. The number of amides is 2. The highest BCUT2D eigenvalue weighted by atomic mass is 16.5. The van der Waals surface area contributed by atoms with Crippen molar-refractivity contribution >= 4 is 29.3 Å². The molecule has 4 bridgehead atoms. The smallest absolute Gasteiger partial charge is 0.338 e. The van der Waals surface area contributed by atoms with E-state index in [2.05, 4.69) is 5.43 Å². The number of nitrogens with zero attached hydrogens (tertiary/aromatic N) is 1. The molecule has 1 aliphatic heterocycles. The minimum absolute atomic E-state index is 0.0770. The number of carbonyl (C=O) groups excluding carboxylic acids is 4. The van der Waals surface area contributed by atoms with E-state index in [1.807, 2.05) is 0 Å². The fourth-order valence-corrected chi connectivity index (χ4v) is 6.35. The zero-order valence-electron chi connectivity index (χ0n) is 16.9. The van der Waals surface area contributed by atoms with Gasteiger partial charge in [-0.1, -0.05) is 0 Å². The monoisotopic (exact) mass is 410 g/mol. The van der Waals surface area contributed by atoms with E-state index < -0.39 is 5.97 Å². The predicted molar refractivity (Wildman–Crippen MR) is 107 cm³/mol. The number of esters is 1. The number of anilines is 1. The first-order chi connectivity index (χ1) is 14.4. The van der Waals surface area contributed by atoms with Gasteiger partial charge < -0.3 is 4.74 Å². The largest absolute Gasteiger partial charge is 0.454 e. The third kappa shape index (κ3) is 3.40. The molecule has 4 aliphatic carbocycles. The third-order valence-electron chi connectivity index (χ3n) is 7.38. The van der Waals surface area contributed by atoms with Crippen LogP contribution in [0.3, 0.4) is 0 Å². The molecule has 1 aromatic rings. The number of carbonyl (C=O) groups is 4. The zero-order chi connectivity index (χ0) is 20.9. The molecular formula is C23H26N2O5. The number of ketones is 1. The lowest BCUT2D eigenvalue weighted by molar-refractivity contribution is -0.147. The average molecular weight is 410 g/mol. The first-order valence-corrected chi connectivity index (χ1v) is 10.8. The first-order valence-electron chi connectivity index (χ1n) is 10.8. The van der Waals surface area contributed by atoms with Crippen LogP contribution in [0.15, 0.2) is 24.3 Å². The van der Waals surface area contributed by atoms with Crippen LogP contribution >= 0.6 is 0 Å². The summed E-state index contributed by atoms with van der Waals surface area (Å²) in [6, 6.07) is 6.25. The van der Waals surface area contributed by atoms with E-state index in [1.165, 1.54) is 24.3 Å². The van der Waals surface area contributed by atoms with Crippen LogP contribution in [0.2, 0.25) is 0 Å². The molecular weight excluding hydrogens is 384 g/mol. The summed E-state index contributed by atoms with van der Waals surface area (Å²) in [5.74, 6) is 1.11. The lowest BCUT2D eigenvalue weighted by Gasteiger charge is -2.55. The van der Waals surface area contributed by atoms with Gasteiger partial charge in [0.2, 0.25) is 11.8 Å². The van der Waals surface area contributed by atoms with Crippen LogP contribution in [0, 0.1) is 23.2 Å². The maximum atomic E-state index is 13.0. The van der Waals surface area contributed by atoms with Gasteiger partial charge in [0.05, 0.1) is 11.3 Å². The molecule has 0 unspecified atom stereocenters. The molecule has 0 atom stereocenters. The van der Waals surface area contributed by atoms with Crippen molar-refractivity contribution in [2.75, 3.05) is 11.6 Å². The molecule has 5 fully saturated rings. The Labute approximate surface area is 175 Å². The van der Waals surface area contributed by atoms with Gasteiger partial charge in [0, 0.05) is 18.3 Å². The molecule has 1 saturated heterocycles. The molecule has 1 heterocycles. The highest BCUT2D eigenvalue weighted by molar-refractivity contribution is 6.01. The van der Waals surface area contributed by atoms with E-state index in [4.69, 9.17) is 4.74 Å². The minimum atomic E-state index is -0.548. The van der Waals surface area contributed by atoms with Gasteiger partial charge in [-0.15, -0.1) is 0 Å². The minimum Gasteiger partial charge on any atom is -0.454 e. The summed E-state index contributed by atoms with van der Waals surface area (Å²) in [7, 11) is 0. The number of hydrogen-bond acceptors (Lipinski definition) is 5. The summed E-state index contributed by atoms with van der Waals surface area (Å²) in [5, 5.41) is 1.19. The second kappa shape index (κ2) is 7.22. The van der Waals surface area contributed by atoms with Gasteiger partial charge in [0.1, 0.15) is 0 Å². The molecule has 2 amide bonds. The van der Waals surface area contributed by atoms with E-state index in [-0.39, 0.29) is 42.5 Å². The van der Waals surface area contributed by atoms with Crippen LogP contribution < -0.4 is 10.4 Å². The maximum Gasteiger partial charge on any atom is 0.338 e. The topological polar surface area (TPSA) is 92.8 Å². The number of rotatable bonds is 5. The van der Waals surface area contributed by atoms with Gasteiger partial charge in [0.25, 0.3) is 0 Å². The number of hydrogen-bond donors (Lipinski definition) is 1. The van der Waals surface area contributed by atoms with E-state index in [9.17, 15) is 19.2 Å². The number of benzene rings is 1. The SMILES string of the molecule is O=C1CCC(=O)N(c2ccc(C(=O)OCC(=O)C34CC5CC(CC(C5)C3)C4)cc2)N1. The Kier molecular flexibility index (Phi) is 4.64. The van der Waals surface area contributed by atoms with Gasteiger partial charge in [0.15, 0.2) is 12.4 Å². The molecule has 6 rings (SSSR count). The van der Waals surface area contributed by atoms with Gasteiger partial charge in [-0.2, -0.15) is 0 Å². The van der Waals surface area contributed by atoms with Crippen LogP contribution in [0.25, 0.3) is 0 Å². The predicted octanol–water partition coefficient (Wildman–Crippen LogP) is 2.79. The lowest BCUT2D eigenvalue weighted by atomic mass is 9.48. The summed E-state index contributed by atoms with van der Waals surface area (Å²) in [6.07, 6.45) is 6.99. The van der Waals surface area contributed by atoms with Crippen molar-refractivity contribution in [1.82, 2.24) is 5.43 Å².